The van der Waals surface area contributed by atoms with Crippen molar-refractivity contribution in [2.24, 2.45) is 0 Å². The summed E-state index contributed by atoms with van der Waals surface area (Å²) in [6.45, 7) is 7.93. The van der Waals surface area contributed by atoms with Crippen LogP contribution in [-0.2, 0) is 14.2 Å². The Morgan fingerprint density at radius 3 is 1.24 bits per heavy atom. The van der Waals surface area contributed by atoms with Crippen LogP contribution in [0.3, 0.4) is 0 Å². The molecule has 8 rings (SSSR count). The van der Waals surface area contributed by atoms with Gasteiger partial charge in [-0.05, 0) is 76.2 Å². The van der Waals surface area contributed by atoms with Crippen LogP contribution in [0.15, 0.2) is 152 Å². The summed E-state index contributed by atoms with van der Waals surface area (Å²) in [6, 6.07) is 46.9. The summed E-state index contributed by atoms with van der Waals surface area (Å²) in [4.78, 5) is 54.7. The molecule has 63 heavy (non-hydrogen) atoms. The summed E-state index contributed by atoms with van der Waals surface area (Å²) in [6.07, 6.45) is 0. The third-order valence-electron chi connectivity index (χ3n) is 10.3. The molecule has 4 aromatic carbocycles. The second kappa shape index (κ2) is 18.7. The van der Waals surface area contributed by atoms with Crippen LogP contribution in [0.25, 0.3) is 73.4 Å². The molecule has 8 aromatic rings. The standard InChI is InChI=1S/C52H43N5O6/c1-5-61-50(58)39-27-30-42(53-46(39)35-17-11-8-12-18-35)34-23-25-38(26-24-34)57-33(4)45(43-31-28-40(51(59)62-6-2)47(54-43)36-19-13-9-14-20-36)49(56-57)44-32-29-41(52(60)63-7-3)48(55-44)37-21-15-10-16-22-37/h8-32H,5-7H2,1-4H3. The van der Waals surface area contributed by atoms with Gasteiger partial charge < -0.3 is 14.2 Å². The lowest BCUT2D eigenvalue weighted by molar-refractivity contribution is 0.0517. The number of esters is 3. The molecule has 0 aliphatic heterocycles. The number of pyridine rings is 3. The van der Waals surface area contributed by atoms with E-state index in [-0.39, 0.29) is 19.8 Å². The quantitative estimate of drug-likeness (QED) is 0.0816. The van der Waals surface area contributed by atoms with Crippen molar-refractivity contribution in [3.8, 4) is 73.4 Å². The van der Waals surface area contributed by atoms with Crippen LogP contribution >= 0.6 is 0 Å². The molecule has 312 valence electrons. The average molecular weight is 834 g/mol. The maximum absolute atomic E-state index is 13.3. The molecule has 0 bridgehead atoms. The Labute approximate surface area is 365 Å². The van der Waals surface area contributed by atoms with Gasteiger partial charge in [0.25, 0.3) is 0 Å². The zero-order valence-electron chi connectivity index (χ0n) is 35.2. The van der Waals surface area contributed by atoms with Gasteiger partial charge >= 0.3 is 17.9 Å². The topological polar surface area (TPSA) is 135 Å². The van der Waals surface area contributed by atoms with E-state index in [9.17, 15) is 14.4 Å². The van der Waals surface area contributed by atoms with Gasteiger partial charge in [0.1, 0.15) is 5.69 Å². The Morgan fingerprint density at radius 1 is 0.429 bits per heavy atom. The van der Waals surface area contributed by atoms with Crippen LogP contribution in [0.1, 0.15) is 57.5 Å². The molecule has 11 heteroatoms. The third kappa shape index (κ3) is 8.62. The fourth-order valence-corrected chi connectivity index (χ4v) is 7.39. The Kier molecular flexibility index (Phi) is 12.4. The Hall–Kier alpha value is -8.05. The van der Waals surface area contributed by atoms with Gasteiger partial charge in [-0.15, -0.1) is 0 Å². The van der Waals surface area contributed by atoms with E-state index < -0.39 is 17.9 Å². The molecule has 0 N–H and O–H groups in total. The molecular formula is C52H43N5O6. The van der Waals surface area contributed by atoms with Crippen LogP contribution in [-0.4, -0.2) is 62.5 Å². The molecule has 4 heterocycles. The van der Waals surface area contributed by atoms with Gasteiger partial charge in [-0.3, -0.25) is 0 Å². The van der Waals surface area contributed by atoms with Crippen LogP contribution in [0, 0.1) is 6.92 Å². The number of hydrogen-bond acceptors (Lipinski definition) is 10. The number of nitrogens with zero attached hydrogens (tertiary/aromatic N) is 5. The Morgan fingerprint density at radius 2 is 0.810 bits per heavy atom. The van der Waals surface area contributed by atoms with Crippen molar-refractivity contribution in [3.05, 3.63) is 174 Å². The minimum atomic E-state index is -0.484. The lowest BCUT2D eigenvalue weighted by Crippen LogP contribution is -2.09. The van der Waals surface area contributed by atoms with Gasteiger partial charge in [0.05, 0.1) is 87.6 Å². The smallest absolute Gasteiger partial charge is 0.340 e. The Bertz CT molecular complexity index is 2930. The maximum atomic E-state index is 13.3. The van der Waals surface area contributed by atoms with Crippen molar-refractivity contribution in [1.82, 2.24) is 24.7 Å². The number of benzene rings is 4. The van der Waals surface area contributed by atoms with Gasteiger partial charge in [0, 0.05) is 22.3 Å². The van der Waals surface area contributed by atoms with Gasteiger partial charge in [-0.2, -0.15) is 5.10 Å². The molecule has 0 saturated heterocycles. The molecule has 4 aromatic heterocycles. The predicted molar refractivity (Wildman–Crippen MR) is 242 cm³/mol. The van der Waals surface area contributed by atoms with E-state index in [1.54, 1.807) is 51.1 Å². The van der Waals surface area contributed by atoms with E-state index in [2.05, 4.69) is 0 Å². The summed E-state index contributed by atoms with van der Waals surface area (Å²) in [5.41, 5.74) is 9.94. The molecule has 0 spiro atoms. The van der Waals surface area contributed by atoms with Crippen LogP contribution in [0.5, 0.6) is 0 Å². The number of carbonyl (C=O) groups excluding carboxylic acids is 3. The lowest BCUT2D eigenvalue weighted by atomic mass is 10.00. The monoisotopic (exact) mass is 833 g/mol. The van der Waals surface area contributed by atoms with Gasteiger partial charge in [0.2, 0.25) is 0 Å². The highest BCUT2D eigenvalue weighted by Crippen LogP contribution is 2.38. The number of ether oxygens (including phenoxy) is 3. The fraction of sp³-hybridized carbons (Fsp3) is 0.135. The summed E-state index contributed by atoms with van der Waals surface area (Å²) in [5.74, 6) is -1.40. The molecule has 0 amide bonds. The first kappa shape index (κ1) is 41.7. The minimum Gasteiger partial charge on any atom is -0.462 e. The van der Waals surface area contributed by atoms with E-state index in [1.165, 1.54) is 0 Å². The second-order valence-electron chi connectivity index (χ2n) is 14.3. The SMILES string of the molecule is CCOC(=O)c1ccc(-c2ccc(-n3nc(-c4ccc(C(=O)OCC)c(-c5ccccc5)n4)c(-c4ccc(C(=O)OCC)c(-c5ccccc5)n4)c3C)cc2)nc1-c1ccccc1. The first-order chi connectivity index (χ1) is 30.8. The van der Waals surface area contributed by atoms with Crippen LogP contribution in [0.2, 0.25) is 0 Å². The second-order valence-corrected chi connectivity index (χ2v) is 14.3. The van der Waals surface area contributed by atoms with Gasteiger partial charge in [-0.1, -0.05) is 103 Å². The van der Waals surface area contributed by atoms with Crippen LogP contribution < -0.4 is 0 Å². The average Bonchev–Trinajstić information content (AvgIpc) is 3.68. The normalized spacial score (nSPS) is 10.9. The highest BCUT2D eigenvalue weighted by molar-refractivity contribution is 5.99. The van der Waals surface area contributed by atoms with E-state index >= 15 is 0 Å². The van der Waals surface area contributed by atoms with E-state index in [1.807, 2.05) is 133 Å². The van der Waals surface area contributed by atoms with Crippen molar-refractivity contribution < 1.29 is 28.6 Å². The molecule has 0 aliphatic rings. The van der Waals surface area contributed by atoms with E-state index in [4.69, 9.17) is 34.3 Å². The van der Waals surface area contributed by atoms with Crippen molar-refractivity contribution in [1.29, 1.82) is 0 Å². The largest absolute Gasteiger partial charge is 0.462 e. The molecule has 0 atom stereocenters. The van der Waals surface area contributed by atoms with Crippen LogP contribution in [0.4, 0.5) is 0 Å². The Balaban J connectivity index is 1.29. The lowest BCUT2D eigenvalue weighted by Gasteiger charge is -2.13. The molecule has 11 nitrogen and oxygen atoms in total. The van der Waals surface area contributed by atoms with Crippen molar-refractivity contribution in [3.63, 3.8) is 0 Å². The number of hydrogen-bond donors (Lipinski definition) is 0. The molecule has 0 aliphatic carbocycles. The van der Waals surface area contributed by atoms with Crippen molar-refractivity contribution in [2.45, 2.75) is 27.7 Å². The van der Waals surface area contributed by atoms with E-state index in [0.29, 0.717) is 62.1 Å². The van der Waals surface area contributed by atoms with Gasteiger partial charge in [0.15, 0.2) is 0 Å². The zero-order chi connectivity index (χ0) is 43.9. The summed E-state index contributed by atoms with van der Waals surface area (Å²) in [5, 5.41) is 5.21. The molecule has 0 saturated carbocycles. The molecule has 0 unspecified atom stereocenters. The number of rotatable bonds is 13. The maximum Gasteiger partial charge on any atom is 0.340 e. The number of aromatic nitrogens is 5. The first-order valence-corrected chi connectivity index (χ1v) is 20.7. The van der Waals surface area contributed by atoms with Gasteiger partial charge in [-0.25, -0.2) is 34.0 Å². The highest BCUT2D eigenvalue weighted by Gasteiger charge is 2.26. The molecule has 0 fully saturated rings. The summed E-state index contributed by atoms with van der Waals surface area (Å²) < 4.78 is 18.1. The zero-order valence-corrected chi connectivity index (χ0v) is 35.2. The fourth-order valence-electron chi connectivity index (χ4n) is 7.39. The summed E-state index contributed by atoms with van der Waals surface area (Å²) in [7, 11) is 0. The summed E-state index contributed by atoms with van der Waals surface area (Å²) >= 11 is 0. The van der Waals surface area contributed by atoms with Crippen molar-refractivity contribution >= 4 is 17.9 Å². The molecule has 0 radical (unpaired) electrons. The third-order valence-corrected chi connectivity index (χ3v) is 10.3. The van der Waals surface area contributed by atoms with Crippen molar-refractivity contribution in [2.75, 3.05) is 19.8 Å². The predicted octanol–water partition coefficient (Wildman–Crippen LogP) is 10.9. The molecular weight excluding hydrogens is 791 g/mol. The first-order valence-electron chi connectivity index (χ1n) is 20.7. The number of carbonyl (C=O) groups is 3. The minimum absolute atomic E-state index is 0.210. The highest BCUT2D eigenvalue weighted by atomic mass is 16.5. The van der Waals surface area contributed by atoms with E-state index in [0.717, 1.165) is 33.6 Å².